The number of allylic oxidation sites excluding steroid dienone is 2. The summed E-state index contributed by atoms with van der Waals surface area (Å²) in [5, 5.41) is 3.30. The van der Waals surface area contributed by atoms with Gasteiger partial charge in [0.2, 0.25) is 0 Å². The van der Waals surface area contributed by atoms with Gasteiger partial charge in [0, 0.05) is 18.3 Å². The van der Waals surface area contributed by atoms with E-state index in [0.717, 1.165) is 18.7 Å². The summed E-state index contributed by atoms with van der Waals surface area (Å²) in [5.74, 6) is -1.29. The lowest BCUT2D eigenvalue weighted by Gasteiger charge is -2.26. The third-order valence-corrected chi connectivity index (χ3v) is 3.80. The molecule has 112 valence electrons. The second-order valence-electron chi connectivity index (χ2n) is 5.42. The van der Waals surface area contributed by atoms with Gasteiger partial charge >= 0.3 is 5.97 Å². The third-order valence-electron chi connectivity index (χ3n) is 3.80. The van der Waals surface area contributed by atoms with Crippen LogP contribution in [0.3, 0.4) is 0 Å². The molecule has 0 amide bonds. The number of carbonyl (C=O) groups is 2. The van der Waals surface area contributed by atoms with Crippen LogP contribution in [0.2, 0.25) is 0 Å². The molecule has 4 nitrogen and oxygen atoms in total. The van der Waals surface area contributed by atoms with Gasteiger partial charge < -0.3 is 10.1 Å². The van der Waals surface area contributed by atoms with Gasteiger partial charge in [-0.3, -0.25) is 9.59 Å². The highest BCUT2D eigenvalue weighted by Gasteiger charge is 2.35. The predicted octanol–water partition coefficient (Wildman–Crippen LogP) is 2.10. The van der Waals surface area contributed by atoms with Crippen LogP contribution in [-0.2, 0) is 20.7 Å². The van der Waals surface area contributed by atoms with Gasteiger partial charge in [0.15, 0.2) is 5.78 Å². The van der Waals surface area contributed by atoms with Crippen LogP contribution in [0.4, 0.5) is 0 Å². The van der Waals surface area contributed by atoms with Crippen molar-refractivity contribution < 1.29 is 14.3 Å². The number of benzene rings is 1. The lowest BCUT2D eigenvalue weighted by molar-refractivity contribution is -0.150. The highest BCUT2D eigenvalue weighted by atomic mass is 16.5. The van der Waals surface area contributed by atoms with Gasteiger partial charge in [-0.25, -0.2) is 0 Å². The van der Waals surface area contributed by atoms with Crippen LogP contribution in [0.25, 0.3) is 0 Å². The standard InChI is InChI=1S/C17H21NO3/c1-12-10-14(11-15(19)16(12)17(20)21-2)18-9-8-13-6-4-3-5-7-13/h3-7,11-12,16,18H,8-10H2,1-2H3. The number of ketones is 1. The van der Waals surface area contributed by atoms with Gasteiger partial charge in [-0.1, -0.05) is 37.3 Å². The summed E-state index contributed by atoms with van der Waals surface area (Å²) in [7, 11) is 1.32. The van der Waals surface area contributed by atoms with E-state index in [9.17, 15) is 9.59 Å². The summed E-state index contributed by atoms with van der Waals surface area (Å²) >= 11 is 0. The molecule has 21 heavy (non-hydrogen) atoms. The number of ether oxygens (including phenoxy) is 1. The Morgan fingerprint density at radius 3 is 2.67 bits per heavy atom. The van der Waals surface area contributed by atoms with Gasteiger partial charge in [-0.05, 0) is 24.3 Å². The molecule has 0 bridgehead atoms. The van der Waals surface area contributed by atoms with Crippen molar-refractivity contribution in [2.75, 3.05) is 13.7 Å². The molecule has 0 saturated carbocycles. The maximum atomic E-state index is 12.0. The van der Waals surface area contributed by atoms with Crippen molar-refractivity contribution in [3.63, 3.8) is 0 Å². The molecular weight excluding hydrogens is 266 g/mol. The van der Waals surface area contributed by atoms with Crippen LogP contribution in [0.15, 0.2) is 42.1 Å². The molecule has 0 saturated heterocycles. The number of nitrogens with one attached hydrogen (secondary N) is 1. The maximum absolute atomic E-state index is 12.0. The quantitative estimate of drug-likeness (QED) is 0.665. The van der Waals surface area contributed by atoms with Crippen molar-refractivity contribution in [2.45, 2.75) is 19.8 Å². The van der Waals surface area contributed by atoms with Crippen molar-refractivity contribution in [1.29, 1.82) is 0 Å². The van der Waals surface area contributed by atoms with Crippen molar-refractivity contribution in [3.8, 4) is 0 Å². The minimum absolute atomic E-state index is 0.0332. The molecule has 2 unspecified atom stereocenters. The Balaban J connectivity index is 1.90. The molecular formula is C17H21NO3. The first-order valence-corrected chi connectivity index (χ1v) is 7.22. The summed E-state index contributed by atoms with van der Waals surface area (Å²) in [6, 6.07) is 10.2. The molecule has 0 fully saturated rings. The fourth-order valence-electron chi connectivity index (χ4n) is 2.68. The van der Waals surface area contributed by atoms with Gasteiger partial charge in [0.05, 0.1) is 7.11 Å². The minimum Gasteiger partial charge on any atom is -0.468 e. The average molecular weight is 287 g/mol. The molecule has 0 spiro atoms. The topological polar surface area (TPSA) is 55.4 Å². The largest absolute Gasteiger partial charge is 0.468 e. The van der Waals surface area contributed by atoms with E-state index in [1.54, 1.807) is 6.08 Å². The van der Waals surface area contributed by atoms with Crippen LogP contribution in [0, 0.1) is 11.8 Å². The fraction of sp³-hybridized carbons (Fsp3) is 0.412. The lowest BCUT2D eigenvalue weighted by Crippen LogP contribution is -2.36. The van der Waals surface area contributed by atoms with E-state index in [0.29, 0.717) is 6.42 Å². The van der Waals surface area contributed by atoms with Crippen molar-refractivity contribution in [3.05, 3.63) is 47.7 Å². The van der Waals surface area contributed by atoms with Gasteiger partial charge in [-0.15, -0.1) is 0 Å². The zero-order chi connectivity index (χ0) is 15.2. The number of esters is 1. The number of hydrogen-bond acceptors (Lipinski definition) is 4. The summed E-state index contributed by atoms with van der Waals surface area (Å²) in [4.78, 5) is 23.6. The van der Waals surface area contributed by atoms with E-state index < -0.39 is 11.9 Å². The Morgan fingerprint density at radius 1 is 1.33 bits per heavy atom. The van der Waals surface area contributed by atoms with Crippen LogP contribution in [0.5, 0.6) is 0 Å². The molecule has 0 heterocycles. The summed E-state index contributed by atoms with van der Waals surface area (Å²) < 4.78 is 4.70. The van der Waals surface area contributed by atoms with Gasteiger partial charge in [0.1, 0.15) is 5.92 Å². The molecule has 0 aliphatic heterocycles. The molecule has 1 aliphatic rings. The molecule has 2 atom stereocenters. The first-order chi connectivity index (χ1) is 10.1. The number of methoxy groups -OCH3 is 1. The highest BCUT2D eigenvalue weighted by molar-refractivity contribution is 6.06. The van der Waals surface area contributed by atoms with Crippen molar-refractivity contribution in [2.24, 2.45) is 11.8 Å². The lowest BCUT2D eigenvalue weighted by atomic mass is 9.82. The predicted molar refractivity (Wildman–Crippen MR) is 80.5 cm³/mol. The smallest absolute Gasteiger partial charge is 0.316 e. The molecule has 1 aromatic carbocycles. The van der Waals surface area contributed by atoms with Gasteiger partial charge in [0.25, 0.3) is 0 Å². The van der Waals surface area contributed by atoms with E-state index >= 15 is 0 Å². The summed E-state index contributed by atoms with van der Waals surface area (Å²) in [5.41, 5.74) is 2.16. The van der Waals surface area contributed by atoms with E-state index in [1.165, 1.54) is 12.7 Å². The third kappa shape index (κ3) is 3.94. The molecule has 1 aliphatic carbocycles. The van der Waals surface area contributed by atoms with E-state index in [1.807, 2.05) is 25.1 Å². The van der Waals surface area contributed by atoms with Crippen LogP contribution in [0.1, 0.15) is 18.9 Å². The average Bonchev–Trinajstić information content (AvgIpc) is 2.47. The van der Waals surface area contributed by atoms with Crippen LogP contribution in [-0.4, -0.2) is 25.4 Å². The molecule has 1 N–H and O–H groups in total. The van der Waals surface area contributed by atoms with Crippen LogP contribution >= 0.6 is 0 Å². The molecule has 1 aromatic rings. The highest BCUT2D eigenvalue weighted by Crippen LogP contribution is 2.26. The minimum atomic E-state index is -0.658. The Morgan fingerprint density at radius 2 is 2.05 bits per heavy atom. The Hall–Kier alpha value is -2.10. The zero-order valence-electron chi connectivity index (χ0n) is 12.5. The zero-order valence-corrected chi connectivity index (χ0v) is 12.5. The second kappa shape index (κ2) is 7.07. The maximum Gasteiger partial charge on any atom is 0.316 e. The molecule has 4 heteroatoms. The van der Waals surface area contributed by atoms with E-state index in [-0.39, 0.29) is 11.7 Å². The van der Waals surface area contributed by atoms with Gasteiger partial charge in [-0.2, -0.15) is 0 Å². The Kier molecular flexibility index (Phi) is 5.14. The van der Waals surface area contributed by atoms with E-state index in [4.69, 9.17) is 4.74 Å². The summed E-state index contributed by atoms with van der Waals surface area (Å²) in [6.45, 7) is 2.68. The second-order valence-corrected chi connectivity index (χ2v) is 5.42. The normalized spacial score (nSPS) is 21.6. The molecule has 2 rings (SSSR count). The number of hydrogen-bond donors (Lipinski definition) is 1. The Labute approximate surface area is 125 Å². The fourth-order valence-corrected chi connectivity index (χ4v) is 2.68. The SMILES string of the molecule is COC(=O)C1C(=O)C=C(NCCc2ccccc2)CC1C. The van der Waals surface area contributed by atoms with Crippen molar-refractivity contribution >= 4 is 11.8 Å². The molecule has 0 radical (unpaired) electrons. The first kappa shape index (κ1) is 15.3. The number of carbonyl (C=O) groups excluding carboxylic acids is 2. The van der Waals surface area contributed by atoms with Crippen LogP contribution < -0.4 is 5.32 Å². The Bertz CT molecular complexity index is 536. The molecule has 0 aromatic heterocycles. The number of rotatable bonds is 5. The van der Waals surface area contributed by atoms with Crippen molar-refractivity contribution in [1.82, 2.24) is 5.32 Å². The monoisotopic (exact) mass is 287 g/mol. The van der Waals surface area contributed by atoms with E-state index in [2.05, 4.69) is 17.4 Å². The first-order valence-electron chi connectivity index (χ1n) is 7.22. The summed E-state index contributed by atoms with van der Waals surface area (Å²) in [6.07, 6.45) is 3.15.